The maximum atomic E-state index is 12.6. The molecule has 4 nitrogen and oxygen atoms in total. The van der Waals surface area contributed by atoms with Gasteiger partial charge in [-0.2, -0.15) is 5.10 Å². The third-order valence-corrected chi connectivity index (χ3v) is 3.26. The third kappa shape index (κ3) is 3.28. The maximum Gasteiger partial charge on any atom is 1.00 e. The first-order valence-corrected chi connectivity index (χ1v) is 6.20. The molecule has 0 aromatic carbocycles. The van der Waals surface area contributed by atoms with E-state index >= 15 is 0 Å². The molecule has 3 rings (SSSR count). The Bertz CT molecular complexity index is 598. The van der Waals surface area contributed by atoms with E-state index in [0.717, 1.165) is 31.5 Å². The normalized spacial score (nSPS) is 19.9. The van der Waals surface area contributed by atoms with Crippen LogP contribution in [0.1, 0.15) is 25.5 Å². The number of hydrogen-bond acceptors (Lipinski definition) is 3. The van der Waals surface area contributed by atoms with Gasteiger partial charge < -0.3 is 17.7 Å². The fourth-order valence-corrected chi connectivity index (χ4v) is 2.26. The molecule has 102 valence electrons. The van der Waals surface area contributed by atoms with Crippen LogP contribution in [0.4, 0.5) is 12.9 Å². The van der Waals surface area contributed by atoms with E-state index in [2.05, 4.69) is 10.1 Å². The van der Waals surface area contributed by atoms with Gasteiger partial charge >= 0.3 is 58.4 Å². The van der Waals surface area contributed by atoms with Gasteiger partial charge in [-0.1, -0.05) is 11.5 Å². The molecule has 2 aromatic heterocycles. The van der Waals surface area contributed by atoms with Gasteiger partial charge in [0.25, 0.3) is 0 Å². The van der Waals surface area contributed by atoms with Gasteiger partial charge in [0.15, 0.2) is 11.9 Å². The summed E-state index contributed by atoms with van der Waals surface area (Å²) >= 11 is 0. The van der Waals surface area contributed by atoms with Crippen LogP contribution in [0.15, 0.2) is 18.5 Å². The number of aromatic nitrogens is 3. The van der Waals surface area contributed by atoms with E-state index in [0.29, 0.717) is 17.6 Å². The largest absolute Gasteiger partial charge is 1.00 e. The number of ether oxygens (including phenoxy) is 1. The average Bonchev–Trinajstić information content (AvgIpc) is 2.81. The minimum Gasteiger partial charge on any atom is -0.445 e. The van der Waals surface area contributed by atoms with Crippen molar-refractivity contribution >= 4 is 23.5 Å². The van der Waals surface area contributed by atoms with Gasteiger partial charge in [-0.3, -0.25) is 0 Å². The Balaban J connectivity index is 0.00000147. The fourth-order valence-electron chi connectivity index (χ4n) is 2.26. The summed E-state index contributed by atoms with van der Waals surface area (Å²) in [6, 6.07) is 1.09. The van der Waals surface area contributed by atoms with Crippen LogP contribution >= 0.6 is 0 Å². The molecule has 0 spiro atoms. The minimum atomic E-state index is -5.03. The summed E-state index contributed by atoms with van der Waals surface area (Å²) in [5.41, 5.74) is -0.257. The van der Waals surface area contributed by atoms with E-state index in [1.165, 1.54) is 6.20 Å². The van der Waals surface area contributed by atoms with Gasteiger partial charge in [0.05, 0.1) is 6.20 Å². The number of fused-ring (bicyclic) bond motifs is 1. The molecule has 0 N–H and O–H groups in total. The molecule has 1 aliphatic rings. The van der Waals surface area contributed by atoms with E-state index in [4.69, 9.17) is 4.74 Å². The van der Waals surface area contributed by atoms with Gasteiger partial charge in [0.1, 0.15) is 0 Å². The Morgan fingerprint density at radius 3 is 2.70 bits per heavy atom. The standard InChI is InChI=1S/C11H12BF3N3O.K/c13-12(14,15)9-5-8-6-17-18(11(8)16-7-9)10-3-1-2-4-19-10;/h5-7,10H,1-4H2;/q-1;+1. The van der Waals surface area contributed by atoms with Crippen molar-refractivity contribution in [2.24, 2.45) is 0 Å². The summed E-state index contributed by atoms with van der Waals surface area (Å²) in [6.45, 7) is -4.38. The Hall–Kier alpha value is 0.0713. The van der Waals surface area contributed by atoms with E-state index in [9.17, 15) is 12.9 Å². The molecular weight excluding hydrogens is 297 g/mol. The van der Waals surface area contributed by atoms with E-state index in [1.807, 2.05) is 0 Å². The van der Waals surface area contributed by atoms with E-state index in [-0.39, 0.29) is 57.6 Å². The number of nitrogens with zero attached hydrogens (tertiary/aromatic N) is 3. The molecule has 1 aliphatic heterocycles. The van der Waals surface area contributed by atoms with Crippen molar-refractivity contribution in [3.05, 3.63) is 18.5 Å². The second-order valence-electron chi connectivity index (χ2n) is 4.67. The molecule has 2 aromatic rings. The van der Waals surface area contributed by atoms with Crippen LogP contribution in [0, 0.1) is 0 Å². The SMILES string of the molecule is F[B-](F)(F)c1cnc2c(cnn2C2CCCCO2)c1.[K+]. The van der Waals surface area contributed by atoms with Gasteiger partial charge in [0, 0.05) is 18.2 Å². The summed E-state index contributed by atoms with van der Waals surface area (Å²) in [7, 11) is 0. The Morgan fingerprint density at radius 2 is 2.05 bits per heavy atom. The van der Waals surface area contributed by atoms with Crippen molar-refractivity contribution in [1.82, 2.24) is 14.8 Å². The van der Waals surface area contributed by atoms with Crippen molar-refractivity contribution in [2.75, 3.05) is 6.61 Å². The molecule has 20 heavy (non-hydrogen) atoms. The second kappa shape index (κ2) is 6.45. The smallest absolute Gasteiger partial charge is 0.445 e. The molecule has 0 saturated carbocycles. The number of halogens is 3. The van der Waals surface area contributed by atoms with Crippen molar-refractivity contribution < 1.29 is 69.1 Å². The third-order valence-electron chi connectivity index (χ3n) is 3.26. The predicted octanol–water partition coefficient (Wildman–Crippen LogP) is -0.811. The van der Waals surface area contributed by atoms with Crippen molar-refractivity contribution in [3.63, 3.8) is 0 Å². The summed E-state index contributed by atoms with van der Waals surface area (Å²) in [5.74, 6) is 0. The molecule has 0 aliphatic carbocycles. The van der Waals surface area contributed by atoms with Crippen LogP contribution < -0.4 is 56.8 Å². The fraction of sp³-hybridized carbons (Fsp3) is 0.455. The van der Waals surface area contributed by atoms with Crippen LogP contribution in [0.25, 0.3) is 11.0 Å². The van der Waals surface area contributed by atoms with Gasteiger partial charge in [-0.25, -0.2) is 9.67 Å². The average molecular weight is 309 g/mol. The van der Waals surface area contributed by atoms with Gasteiger partial charge in [0.2, 0.25) is 0 Å². The van der Waals surface area contributed by atoms with Crippen LogP contribution in [-0.2, 0) is 4.74 Å². The summed E-state index contributed by atoms with van der Waals surface area (Å²) < 4.78 is 45.1. The molecule has 0 amide bonds. The molecule has 1 saturated heterocycles. The minimum absolute atomic E-state index is 0. The topological polar surface area (TPSA) is 39.9 Å². The Morgan fingerprint density at radius 1 is 1.25 bits per heavy atom. The Kier molecular flexibility index (Phi) is 5.30. The molecule has 1 unspecified atom stereocenters. The second-order valence-corrected chi connectivity index (χ2v) is 4.67. The maximum absolute atomic E-state index is 12.6. The number of rotatable bonds is 2. The zero-order valence-corrected chi connectivity index (χ0v) is 14.2. The van der Waals surface area contributed by atoms with Crippen molar-refractivity contribution in [2.45, 2.75) is 25.5 Å². The Labute approximate surface area is 156 Å². The molecule has 1 fully saturated rings. The molecule has 0 bridgehead atoms. The van der Waals surface area contributed by atoms with Gasteiger partial charge in [-0.15, -0.1) is 0 Å². The molecule has 9 heteroatoms. The van der Waals surface area contributed by atoms with Crippen LogP contribution in [0.2, 0.25) is 0 Å². The first kappa shape index (κ1) is 16.4. The van der Waals surface area contributed by atoms with Crippen LogP contribution in [0.5, 0.6) is 0 Å². The first-order chi connectivity index (χ1) is 9.05. The summed E-state index contributed by atoms with van der Waals surface area (Å²) in [4.78, 5) is 3.90. The molecule has 1 atom stereocenters. The van der Waals surface area contributed by atoms with E-state index < -0.39 is 12.4 Å². The summed E-state index contributed by atoms with van der Waals surface area (Å²) in [6.07, 6.45) is 4.89. The van der Waals surface area contributed by atoms with Crippen molar-refractivity contribution in [1.29, 1.82) is 0 Å². The zero-order valence-electron chi connectivity index (χ0n) is 11.1. The van der Waals surface area contributed by atoms with Crippen LogP contribution in [0.3, 0.4) is 0 Å². The summed E-state index contributed by atoms with van der Waals surface area (Å²) in [5, 5.41) is 4.51. The van der Waals surface area contributed by atoms with E-state index in [1.54, 1.807) is 4.68 Å². The van der Waals surface area contributed by atoms with Crippen LogP contribution in [-0.4, -0.2) is 28.3 Å². The zero-order chi connectivity index (χ0) is 13.5. The predicted molar refractivity (Wildman–Crippen MR) is 65.1 cm³/mol. The number of pyridine rings is 1. The quantitative estimate of drug-likeness (QED) is 0.681. The molecular formula is C11H12BF3KN3O. The van der Waals surface area contributed by atoms with Crippen molar-refractivity contribution in [3.8, 4) is 0 Å². The number of hydrogen-bond donors (Lipinski definition) is 0. The molecule has 3 heterocycles. The van der Waals surface area contributed by atoms with Gasteiger partial charge in [-0.05, 0) is 19.3 Å². The first-order valence-electron chi connectivity index (χ1n) is 6.20. The molecule has 0 radical (unpaired) electrons. The monoisotopic (exact) mass is 309 g/mol.